The largest absolute Gasteiger partial charge is 0.481 e. The van der Waals surface area contributed by atoms with Crippen molar-refractivity contribution in [2.24, 2.45) is 5.92 Å². The normalized spacial score (nSPS) is 24.2. The first-order valence-electron chi connectivity index (χ1n) is 4.85. The van der Waals surface area contributed by atoms with Crippen molar-refractivity contribution in [1.82, 2.24) is 5.32 Å². The van der Waals surface area contributed by atoms with Crippen molar-refractivity contribution < 1.29 is 19.1 Å². The predicted molar refractivity (Wildman–Crippen MR) is 53.0 cm³/mol. The van der Waals surface area contributed by atoms with Gasteiger partial charge in [0, 0.05) is 6.42 Å². The van der Waals surface area contributed by atoms with Crippen LogP contribution in [0.5, 0.6) is 0 Å². The third-order valence-corrected chi connectivity index (χ3v) is 2.67. The first kappa shape index (κ1) is 10.6. The Balaban J connectivity index is 2.28. The summed E-state index contributed by atoms with van der Waals surface area (Å²) in [6, 6.07) is 4.91. The van der Waals surface area contributed by atoms with Crippen molar-refractivity contribution in [3.8, 4) is 0 Å². The molecule has 0 aromatic heterocycles. The third kappa shape index (κ3) is 1.88. The second kappa shape index (κ2) is 3.92. The average molecular weight is 223 g/mol. The van der Waals surface area contributed by atoms with Gasteiger partial charge in [0.1, 0.15) is 5.82 Å². The van der Waals surface area contributed by atoms with Gasteiger partial charge in [-0.15, -0.1) is 0 Å². The Morgan fingerprint density at radius 2 is 2.00 bits per heavy atom. The molecule has 1 heterocycles. The molecule has 0 bridgehead atoms. The van der Waals surface area contributed by atoms with E-state index < -0.39 is 17.9 Å². The van der Waals surface area contributed by atoms with Gasteiger partial charge in [0.25, 0.3) is 0 Å². The second-order valence-corrected chi connectivity index (χ2v) is 3.75. The lowest BCUT2D eigenvalue weighted by Crippen LogP contribution is -2.24. The number of halogens is 1. The van der Waals surface area contributed by atoms with Gasteiger partial charge >= 0.3 is 5.97 Å². The van der Waals surface area contributed by atoms with Crippen molar-refractivity contribution in [2.45, 2.75) is 12.5 Å². The number of amides is 1. The molecule has 0 saturated carbocycles. The highest BCUT2D eigenvalue weighted by Gasteiger charge is 2.38. The van der Waals surface area contributed by atoms with Crippen LogP contribution in [0.4, 0.5) is 4.39 Å². The van der Waals surface area contributed by atoms with Crippen LogP contribution in [0.15, 0.2) is 24.3 Å². The van der Waals surface area contributed by atoms with Crippen molar-refractivity contribution in [3.05, 3.63) is 35.6 Å². The van der Waals surface area contributed by atoms with E-state index in [2.05, 4.69) is 5.32 Å². The molecule has 1 fully saturated rings. The van der Waals surface area contributed by atoms with E-state index in [-0.39, 0.29) is 18.1 Å². The molecule has 84 valence electrons. The average Bonchev–Trinajstić information content (AvgIpc) is 2.61. The Morgan fingerprint density at radius 3 is 2.56 bits per heavy atom. The molecule has 1 saturated heterocycles. The molecule has 5 heteroatoms. The Labute approximate surface area is 91.1 Å². The van der Waals surface area contributed by atoms with Crippen LogP contribution in [-0.2, 0) is 9.59 Å². The molecule has 1 aromatic carbocycles. The van der Waals surface area contributed by atoms with E-state index in [1.54, 1.807) is 0 Å². The fourth-order valence-corrected chi connectivity index (χ4v) is 1.87. The number of aliphatic carboxylic acids is 1. The van der Waals surface area contributed by atoms with Crippen LogP contribution in [0.25, 0.3) is 0 Å². The van der Waals surface area contributed by atoms with E-state index in [0.717, 1.165) is 0 Å². The van der Waals surface area contributed by atoms with Gasteiger partial charge in [-0.3, -0.25) is 9.59 Å². The third-order valence-electron chi connectivity index (χ3n) is 2.67. The zero-order chi connectivity index (χ0) is 11.7. The molecule has 2 atom stereocenters. The molecular formula is C11H10FNO3. The SMILES string of the molecule is O=C1C[C@H](C(=O)O)[C@@H](c2ccc(F)cc2)N1. The number of carbonyl (C=O) groups is 2. The minimum atomic E-state index is -1.02. The van der Waals surface area contributed by atoms with Crippen LogP contribution < -0.4 is 5.32 Å². The van der Waals surface area contributed by atoms with Gasteiger partial charge < -0.3 is 10.4 Å². The van der Waals surface area contributed by atoms with Crippen LogP contribution in [0, 0.1) is 11.7 Å². The summed E-state index contributed by atoms with van der Waals surface area (Å²) in [4.78, 5) is 22.1. The van der Waals surface area contributed by atoms with E-state index in [0.29, 0.717) is 5.56 Å². The zero-order valence-corrected chi connectivity index (χ0v) is 8.31. The zero-order valence-electron chi connectivity index (χ0n) is 8.31. The highest BCUT2D eigenvalue weighted by Crippen LogP contribution is 2.30. The van der Waals surface area contributed by atoms with Gasteiger partial charge in [0.2, 0.25) is 5.91 Å². The molecule has 16 heavy (non-hydrogen) atoms. The van der Waals surface area contributed by atoms with Crippen LogP contribution in [-0.4, -0.2) is 17.0 Å². The molecular weight excluding hydrogens is 213 g/mol. The van der Waals surface area contributed by atoms with Crippen LogP contribution in [0.3, 0.4) is 0 Å². The lowest BCUT2D eigenvalue weighted by Gasteiger charge is -2.15. The number of hydrogen-bond acceptors (Lipinski definition) is 2. The summed E-state index contributed by atoms with van der Waals surface area (Å²) in [6.07, 6.45) is -0.0304. The summed E-state index contributed by atoms with van der Waals surface area (Å²) < 4.78 is 12.7. The Morgan fingerprint density at radius 1 is 1.38 bits per heavy atom. The molecule has 0 aliphatic carbocycles. The second-order valence-electron chi connectivity index (χ2n) is 3.75. The number of nitrogens with one attached hydrogen (secondary N) is 1. The molecule has 1 aromatic rings. The van der Waals surface area contributed by atoms with Crippen molar-refractivity contribution >= 4 is 11.9 Å². The van der Waals surface area contributed by atoms with Crippen molar-refractivity contribution in [3.63, 3.8) is 0 Å². The van der Waals surface area contributed by atoms with Gasteiger partial charge in [0.15, 0.2) is 0 Å². The molecule has 0 radical (unpaired) electrons. The summed E-state index contributed by atoms with van der Waals surface area (Å²) in [6.45, 7) is 0. The molecule has 0 unspecified atom stereocenters. The minimum Gasteiger partial charge on any atom is -0.481 e. The maximum absolute atomic E-state index is 12.7. The highest BCUT2D eigenvalue weighted by atomic mass is 19.1. The molecule has 4 nitrogen and oxygen atoms in total. The summed E-state index contributed by atoms with van der Waals surface area (Å²) in [5.74, 6) is -2.48. The monoisotopic (exact) mass is 223 g/mol. The summed E-state index contributed by atoms with van der Waals surface area (Å²) in [5, 5.41) is 11.5. The Bertz CT molecular complexity index is 429. The van der Waals surface area contributed by atoms with E-state index in [9.17, 15) is 14.0 Å². The maximum Gasteiger partial charge on any atom is 0.309 e. The lowest BCUT2D eigenvalue weighted by atomic mass is 9.94. The fourth-order valence-electron chi connectivity index (χ4n) is 1.87. The van der Waals surface area contributed by atoms with Gasteiger partial charge in [-0.05, 0) is 17.7 Å². The summed E-state index contributed by atoms with van der Waals surface area (Å²) in [5.41, 5.74) is 0.611. The van der Waals surface area contributed by atoms with Gasteiger partial charge in [-0.25, -0.2) is 4.39 Å². The molecule has 1 aliphatic heterocycles. The standard InChI is InChI=1S/C11H10FNO3/c12-7-3-1-6(2-4-7)10-8(11(15)16)5-9(14)13-10/h1-4,8,10H,5H2,(H,13,14)(H,15,16)/t8-,10+/m0/s1. The number of carboxylic acids is 1. The van der Waals surface area contributed by atoms with E-state index >= 15 is 0 Å². The van der Waals surface area contributed by atoms with Crippen LogP contribution in [0.2, 0.25) is 0 Å². The minimum absolute atomic E-state index is 0.0304. The topological polar surface area (TPSA) is 66.4 Å². The molecule has 2 rings (SSSR count). The van der Waals surface area contributed by atoms with Gasteiger partial charge in [-0.1, -0.05) is 12.1 Å². The van der Waals surface area contributed by atoms with Crippen LogP contribution in [0.1, 0.15) is 18.0 Å². The molecule has 2 N–H and O–H groups in total. The lowest BCUT2D eigenvalue weighted by molar-refractivity contribution is -0.142. The summed E-state index contributed by atoms with van der Waals surface area (Å²) >= 11 is 0. The Hall–Kier alpha value is -1.91. The van der Waals surface area contributed by atoms with E-state index in [4.69, 9.17) is 5.11 Å². The first-order chi connectivity index (χ1) is 7.58. The quantitative estimate of drug-likeness (QED) is 0.788. The maximum atomic E-state index is 12.7. The van der Waals surface area contributed by atoms with E-state index in [1.165, 1.54) is 24.3 Å². The molecule has 1 amide bonds. The van der Waals surface area contributed by atoms with E-state index in [1.807, 2.05) is 0 Å². The van der Waals surface area contributed by atoms with Crippen molar-refractivity contribution in [2.75, 3.05) is 0 Å². The highest BCUT2D eigenvalue weighted by molar-refractivity contribution is 5.87. The summed E-state index contributed by atoms with van der Waals surface area (Å²) in [7, 11) is 0. The number of hydrogen-bond donors (Lipinski definition) is 2. The van der Waals surface area contributed by atoms with Crippen molar-refractivity contribution in [1.29, 1.82) is 0 Å². The van der Waals surface area contributed by atoms with Crippen LogP contribution >= 0.6 is 0 Å². The van der Waals surface area contributed by atoms with Gasteiger partial charge in [-0.2, -0.15) is 0 Å². The van der Waals surface area contributed by atoms with Gasteiger partial charge in [0.05, 0.1) is 12.0 Å². The molecule has 1 aliphatic rings. The molecule has 0 spiro atoms. The fraction of sp³-hybridized carbons (Fsp3) is 0.273. The first-order valence-corrected chi connectivity index (χ1v) is 4.85. The Kier molecular flexibility index (Phi) is 2.60. The number of rotatable bonds is 2. The number of carbonyl (C=O) groups excluding carboxylic acids is 1. The smallest absolute Gasteiger partial charge is 0.309 e. The number of benzene rings is 1. The predicted octanol–water partition coefficient (Wildman–Crippen LogP) is 1.09. The number of carboxylic acid groups (broad SMARTS) is 1.